The fraction of sp³-hybridized carbons (Fsp3) is 0.357. The van der Waals surface area contributed by atoms with E-state index in [2.05, 4.69) is 10.6 Å². The summed E-state index contributed by atoms with van der Waals surface area (Å²) >= 11 is 0. The predicted molar refractivity (Wildman–Crippen MR) is 74.4 cm³/mol. The molecule has 0 aliphatic rings. The van der Waals surface area contributed by atoms with E-state index in [1.165, 1.54) is 6.92 Å². The van der Waals surface area contributed by atoms with Crippen molar-refractivity contribution in [1.29, 1.82) is 0 Å². The summed E-state index contributed by atoms with van der Waals surface area (Å²) in [5.41, 5.74) is 0.950. The molecule has 1 unspecified atom stereocenters. The molecule has 1 atom stereocenters. The smallest absolute Gasteiger partial charge is 0.313 e. The largest absolute Gasteiger partial charge is 0.394 e. The predicted octanol–water partition coefficient (Wildman–Crippen LogP) is 0.715. The van der Waals surface area contributed by atoms with Gasteiger partial charge in [0.15, 0.2) is 5.78 Å². The number of carbonyl (C=O) groups excluding carboxylic acids is 3. The Labute approximate surface area is 117 Å². The normalized spacial score (nSPS) is 11.6. The van der Waals surface area contributed by atoms with Gasteiger partial charge in [-0.2, -0.15) is 0 Å². The Morgan fingerprint density at radius 1 is 1.15 bits per heavy atom. The van der Waals surface area contributed by atoms with Crippen molar-refractivity contribution in [2.45, 2.75) is 26.3 Å². The molecule has 6 heteroatoms. The molecule has 108 valence electrons. The Bertz CT molecular complexity index is 492. The highest BCUT2D eigenvalue weighted by atomic mass is 16.3. The van der Waals surface area contributed by atoms with Crippen LogP contribution < -0.4 is 10.6 Å². The molecule has 3 N–H and O–H groups in total. The number of Topliss-reactive ketones (excluding diaryl/α,β-unsaturated/α-hetero) is 1. The Balaban J connectivity index is 2.61. The third-order valence-corrected chi connectivity index (χ3v) is 2.80. The molecular weight excluding hydrogens is 260 g/mol. The zero-order chi connectivity index (χ0) is 15.1. The van der Waals surface area contributed by atoms with Crippen molar-refractivity contribution in [2.75, 3.05) is 11.9 Å². The highest BCUT2D eigenvalue weighted by Gasteiger charge is 2.17. The highest BCUT2D eigenvalue weighted by molar-refractivity contribution is 6.39. The van der Waals surface area contributed by atoms with Crippen LogP contribution in [0.4, 0.5) is 5.69 Å². The Kier molecular flexibility index (Phi) is 5.86. The summed E-state index contributed by atoms with van der Waals surface area (Å²) in [5, 5.41) is 13.8. The van der Waals surface area contributed by atoms with E-state index in [4.69, 9.17) is 5.11 Å². The van der Waals surface area contributed by atoms with Gasteiger partial charge in [-0.25, -0.2) is 0 Å². The molecular formula is C14H18N2O4. The summed E-state index contributed by atoms with van der Waals surface area (Å²) in [4.78, 5) is 34.3. The topological polar surface area (TPSA) is 95.5 Å². The molecule has 0 saturated carbocycles. The van der Waals surface area contributed by atoms with Gasteiger partial charge in [0, 0.05) is 11.3 Å². The number of hydrogen-bond donors (Lipinski definition) is 3. The van der Waals surface area contributed by atoms with Gasteiger partial charge in [0.25, 0.3) is 0 Å². The molecule has 20 heavy (non-hydrogen) atoms. The quantitative estimate of drug-likeness (QED) is 0.546. The Morgan fingerprint density at radius 2 is 1.75 bits per heavy atom. The van der Waals surface area contributed by atoms with E-state index in [9.17, 15) is 14.4 Å². The van der Waals surface area contributed by atoms with E-state index in [1.54, 1.807) is 31.2 Å². The van der Waals surface area contributed by atoms with Gasteiger partial charge < -0.3 is 15.7 Å². The summed E-state index contributed by atoms with van der Waals surface area (Å²) < 4.78 is 0. The van der Waals surface area contributed by atoms with Crippen LogP contribution in [0.5, 0.6) is 0 Å². The lowest BCUT2D eigenvalue weighted by Crippen LogP contribution is -2.43. The van der Waals surface area contributed by atoms with E-state index in [0.29, 0.717) is 17.7 Å². The summed E-state index contributed by atoms with van der Waals surface area (Å²) in [6.07, 6.45) is 0.531. The molecule has 6 nitrogen and oxygen atoms in total. The van der Waals surface area contributed by atoms with Gasteiger partial charge in [0.05, 0.1) is 12.6 Å². The summed E-state index contributed by atoms with van der Waals surface area (Å²) in [5.74, 6) is -1.69. The van der Waals surface area contributed by atoms with Crippen LogP contribution in [0, 0.1) is 0 Å². The van der Waals surface area contributed by atoms with Gasteiger partial charge in [0.2, 0.25) is 0 Å². The average Bonchev–Trinajstić information content (AvgIpc) is 2.44. The monoisotopic (exact) mass is 278 g/mol. The van der Waals surface area contributed by atoms with E-state index in [-0.39, 0.29) is 12.4 Å². The molecule has 0 fully saturated rings. The number of aliphatic hydroxyl groups is 1. The maximum Gasteiger partial charge on any atom is 0.313 e. The number of benzene rings is 1. The maximum absolute atomic E-state index is 11.6. The van der Waals surface area contributed by atoms with Crippen LogP contribution in [0.15, 0.2) is 24.3 Å². The van der Waals surface area contributed by atoms with Crippen molar-refractivity contribution in [3.8, 4) is 0 Å². The molecule has 0 aromatic heterocycles. The van der Waals surface area contributed by atoms with Crippen LogP contribution >= 0.6 is 0 Å². The Morgan fingerprint density at radius 3 is 2.20 bits per heavy atom. The third-order valence-electron chi connectivity index (χ3n) is 2.80. The second-order valence-electron chi connectivity index (χ2n) is 4.35. The molecule has 0 radical (unpaired) electrons. The number of aliphatic hydroxyl groups excluding tert-OH is 1. The van der Waals surface area contributed by atoms with Gasteiger partial charge in [-0.1, -0.05) is 6.92 Å². The lowest BCUT2D eigenvalue weighted by atomic mass is 10.1. The average molecular weight is 278 g/mol. The van der Waals surface area contributed by atoms with Crippen molar-refractivity contribution >= 4 is 23.3 Å². The van der Waals surface area contributed by atoms with Crippen LogP contribution in [0.3, 0.4) is 0 Å². The van der Waals surface area contributed by atoms with Gasteiger partial charge >= 0.3 is 11.8 Å². The van der Waals surface area contributed by atoms with Crippen LogP contribution in [0.25, 0.3) is 0 Å². The molecule has 0 spiro atoms. The molecule has 0 bridgehead atoms. The van der Waals surface area contributed by atoms with E-state index in [1.807, 2.05) is 0 Å². The van der Waals surface area contributed by atoms with Crippen molar-refractivity contribution in [1.82, 2.24) is 5.32 Å². The molecule has 0 heterocycles. The first-order valence-electron chi connectivity index (χ1n) is 6.31. The number of hydrogen-bond acceptors (Lipinski definition) is 4. The minimum absolute atomic E-state index is 0.0747. The molecule has 0 saturated heterocycles. The lowest BCUT2D eigenvalue weighted by molar-refractivity contribution is -0.136. The fourth-order valence-electron chi connectivity index (χ4n) is 1.50. The number of nitrogens with one attached hydrogen (secondary N) is 2. The number of anilines is 1. The maximum atomic E-state index is 11.6. The van der Waals surface area contributed by atoms with Crippen molar-refractivity contribution in [3.05, 3.63) is 29.8 Å². The minimum Gasteiger partial charge on any atom is -0.394 e. The molecule has 1 aromatic carbocycles. The number of ketones is 1. The van der Waals surface area contributed by atoms with Crippen LogP contribution in [-0.4, -0.2) is 35.4 Å². The van der Waals surface area contributed by atoms with Crippen molar-refractivity contribution < 1.29 is 19.5 Å². The molecule has 1 aromatic rings. The third kappa shape index (κ3) is 4.47. The zero-order valence-electron chi connectivity index (χ0n) is 11.5. The second kappa shape index (κ2) is 7.40. The highest BCUT2D eigenvalue weighted by Crippen LogP contribution is 2.09. The van der Waals surface area contributed by atoms with Crippen LogP contribution in [0.2, 0.25) is 0 Å². The summed E-state index contributed by atoms with van der Waals surface area (Å²) in [6.45, 7) is 3.02. The molecule has 1 rings (SSSR count). The SMILES string of the molecule is CCC(CO)NC(=O)C(=O)Nc1ccc(C(C)=O)cc1. The van der Waals surface area contributed by atoms with Gasteiger partial charge in [-0.05, 0) is 37.6 Å². The van der Waals surface area contributed by atoms with Gasteiger partial charge in [-0.15, -0.1) is 0 Å². The van der Waals surface area contributed by atoms with E-state index < -0.39 is 17.9 Å². The van der Waals surface area contributed by atoms with Crippen molar-refractivity contribution in [2.24, 2.45) is 0 Å². The number of carbonyl (C=O) groups is 3. The van der Waals surface area contributed by atoms with E-state index >= 15 is 0 Å². The Hall–Kier alpha value is -2.21. The van der Waals surface area contributed by atoms with Crippen LogP contribution in [0.1, 0.15) is 30.6 Å². The lowest BCUT2D eigenvalue weighted by Gasteiger charge is -2.13. The first-order chi connectivity index (χ1) is 9.47. The van der Waals surface area contributed by atoms with Crippen LogP contribution in [-0.2, 0) is 9.59 Å². The number of rotatable bonds is 5. The van der Waals surface area contributed by atoms with Crippen molar-refractivity contribution in [3.63, 3.8) is 0 Å². The molecule has 0 aliphatic heterocycles. The first kappa shape index (κ1) is 15.8. The summed E-state index contributed by atoms with van der Waals surface area (Å²) in [7, 11) is 0. The number of amides is 2. The summed E-state index contributed by atoms with van der Waals surface area (Å²) in [6, 6.07) is 5.79. The fourth-order valence-corrected chi connectivity index (χ4v) is 1.50. The molecule has 2 amide bonds. The standard InChI is InChI=1S/C14H18N2O4/c1-3-11(8-17)15-13(19)14(20)16-12-6-4-10(5-7-12)9(2)18/h4-7,11,17H,3,8H2,1-2H3,(H,15,19)(H,16,20). The second-order valence-corrected chi connectivity index (χ2v) is 4.35. The molecule has 0 aliphatic carbocycles. The first-order valence-corrected chi connectivity index (χ1v) is 6.31. The van der Waals surface area contributed by atoms with Gasteiger partial charge in [-0.3, -0.25) is 14.4 Å². The van der Waals surface area contributed by atoms with E-state index in [0.717, 1.165) is 0 Å². The van der Waals surface area contributed by atoms with Gasteiger partial charge in [0.1, 0.15) is 0 Å². The zero-order valence-corrected chi connectivity index (χ0v) is 11.5. The minimum atomic E-state index is -0.813.